The third-order valence-electron chi connectivity index (χ3n) is 4.11. The number of fused-ring (bicyclic) bond motifs is 1. The summed E-state index contributed by atoms with van der Waals surface area (Å²) in [6, 6.07) is 12.6. The van der Waals surface area contributed by atoms with Gasteiger partial charge in [0.05, 0.1) is 11.8 Å². The van der Waals surface area contributed by atoms with E-state index in [1.807, 2.05) is 17.0 Å². The first-order valence-corrected chi connectivity index (χ1v) is 8.28. The standard InChI is InChI=1S/C17H20N2OS/c1-13-6-3-4-8-16(13)21-12-17(20)19-11-10-18-9-5-7-15(18)14(19)2/h3-9,14H,10-12H2,1-2H3. The predicted molar refractivity (Wildman–Crippen MR) is 86.5 cm³/mol. The van der Waals surface area contributed by atoms with Gasteiger partial charge in [0.1, 0.15) is 0 Å². The number of rotatable bonds is 3. The van der Waals surface area contributed by atoms with E-state index in [0.717, 1.165) is 13.1 Å². The summed E-state index contributed by atoms with van der Waals surface area (Å²) in [4.78, 5) is 15.7. The van der Waals surface area contributed by atoms with E-state index in [2.05, 4.69) is 48.9 Å². The van der Waals surface area contributed by atoms with Gasteiger partial charge in [-0.05, 0) is 37.6 Å². The van der Waals surface area contributed by atoms with Crippen molar-refractivity contribution in [3.05, 3.63) is 53.9 Å². The lowest BCUT2D eigenvalue weighted by Crippen LogP contribution is -2.41. The smallest absolute Gasteiger partial charge is 0.233 e. The fourth-order valence-electron chi connectivity index (χ4n) is 2.86. The number of carbonyl (C=O) groups excluding carboxylic acids is 1. The van der Waals surface area contributed by atoms with Crippen molar-refractivity contribution in [3.8, 4) is 0 Å². The summed E-state index contributed by atoms with van der Waals surface area (Å²) in [7, 11) is 0. The van der Waals surface area contributed by atoms with Crippen molar-refractivity contribution in [2.45, 2.75) is 31.3 Å². The van der Waals surface area contributed by atoms with Gasteiger partial charge in [0.25, 0.3) is 0 Å². The molecule has 0 saturated carbocycles. The molecule has 1 amide bonds. The molecule has 3 nitrogen and oxygen atoms in total. The van der Waals surface area contributed by atoms with Gasteiger partial charge < -0.3 is 9.47 Å². The Bertz CT molecular complexity index is 650. The van der Waals surface area contributed by atoms with Crippen LogP contribution < -0.4 is 0 Å². The van der Waals surface area contributed by atoms with Crippen molar-refractivity contribution in [2.75, 3.05) is 12.3 Å². The summed E-state index contributed by atoms with van der Waals surface area (Å²) < 4.78 is 2.24. The lowest BCUT2D eigenvalue weighted by Gasteiger charge is -2.35. The van der Waals surface area contributed by atoms with Gasteiger partial charge in [-0.25, -0.2) is 0 Å². The molecule has 1 atom stereocenters. The molecule has 110 valence electrons. The molecule has 0 fully saturated rings. The number of carbonyl (C=O) groups is 1. The maximum Gasteiger partial charge on any atom is 0.233 e. The molecule has 21 heavy (non-hydrogen) atoms. The molecule has 1 aromatic heterocycles. The molecule has 1 aromatic carbocycles. The SMILES string of the molecule is Cc1ccccc1SCC(=O)N1CCn2cccc2C1C. The maximum absolute atomic E-state index is 12.5. The molecule has 1 unspecified atom stereocenters. The summed E-state index contributed by atoms with van der Waals surface area (Å²) in [6.07, 6.45) is 2.09. The Morgan fingerprint density at radius 2 is 2.05 bits per heavy atom. The van der Waals surface area contributed by atoms with Crippen molar-refractivity contribution < 1.29 is 4.79 Å². The zero-order valence-electron chi connectivity index (χ0n) is 12.5. The molecule has 4 heteroatoms. The summed E-state index contributed by atoms with van der Waals surface area (Å²) in [6.45, 7) is 5.90. The van der Waals surface area contributed by atoms with Crippen molar-refractivity contribution in [2.24, 2.45) is 0 Å². The highest BCUT2D eigenvalue weighted by molar-refractivity contribution is 8.00. The quantitative estimate of drug-likeness (QED) is 0.811. The van der Waals surface area contributed by atoms with Gasteiger partial charge in [0.2, 0.25) is 5.91 Å². The molecule has 0 bridgehead atoms. The van der Waals surface area contributed by atoms with Crippen molar-refractivity contribution in [1.29, 1.82) is 0 Å². The maximum atomic E-state index is 12.5. The first kappa shape index (κ1) is 14.3. The fourth-order valence-corrected chi connectivity index (χ4v) is 3.78. The number of nitrogens with zero attached hydrogens (tertiary/aromatic N) is 2. The van der Waals surface area contributed by atoms with Crippen molar-refractivity contribution >= 4 is 17.7 Å². The minimum Gasteiger partial charge on any atom is -0.348 e. The molecule has 0 N–H and O–H groups in total. The number of hydrogen-bond donors (Lipinski definition) is 0. The van der Waals surface area contributed by atoms with Crippen molar-refractivity contribution in [1.82, 2.24) is 9.47 Å². The van der Waals surface area contributed by atoms with E-state index in [0.29, 0.717) is 5.75 Å². The van der Waals surface area contributed by atoms with Crippen LogP contribution in [-0.4, -0.2) is 27.7 Å². The predicted octanol–water partition coefficient (Wildman–Crippen LogP) is 3.49. The van der Waals surface area contributed by atoms with E-state index < -0.39 is 0 Å². The molecule has 0 spiro atoms. The summed E-state index contributed by atoms with van der Waals surface area (Å²) in [5.41, 5.74) is 2.46. The number of aryl methyl sites for hydroxylation is 1. The molecular formula is C17H20N2OS. The fraction of sp³-hybridized carbons (Fsp3) is 0.353. The van der Waals surface area contributed by atoms with Gasteiger partial charge in [0.15, 0.2) is 0 Å². The monoisotopic (exact) mass is 300 g/mol. The Kier molecular flexibility index (Phi) is 4.06. The Labute approximate surface area is 130 Å². The molecule has 2 heterocycles. The second kappa shape index (κ2) is 5.98. The molecule has 0 aliphatic carbocycles. The summed E-state index contributed by atoms with van der Waals surface area (Å²) >= 11 is 1.64. The van der Waals surface area contributed by atoms with Crippen LogP contribution in [0.5, 0.6) is 0 Å². The van der Waals surface area contributed by atoms with Gasteiger partial charge in [0, 0.05) is 29.9 Å². The van der Waals surface area contributed by atoms with Gasteiger partial charge in [-0.1, -0.05) is 18.2 Å². The Hall–Kier alpha value is -1.68. The van der Waals surface area contributed by atoms with Crippen LogP contribution in [0.3, 0.4) is 0 Å². The molecule has 1 aliphatic rings. The van der Waals surface area contributed by atoms with E-state index in [4.69, 9.17) is 0 Å². The normalized spacial score (nSPS) is 17.6. The van der Waals surface area contributed by atoms with Crippen LogP contribution in [0.2, 0.25) is 0 Å². The minimum atomic E-state index is 0.165. The number of aromatic nitrogens is 1. The summed E-state index contributed by atoms with van der Waals surface area (Å²) in [5.74, 6) is 0.735. The number of thioether (sulfide) groups is 1. The average molecular weight is 300 g/mol. The van der Waals surface area contributed by atoms with E-state index in [-0.39, 0.29) is 11.9 Å². The Balaban J connectivity index is 1.65. The first-order chi connectivity index (χ1) is 10.2. The second-order valence-corrected chi connectivity index (χ2v) is 6.46. The highest BCUT2D eigenvalue weighted by atomic mass is 32.2. The lowest BCUT2D eigenvalue weighted by atomic mass is 10.1. The molecule has 0 saturated heterocycles. The summed E-state index contributed by atoms with van der Waals surface area (Å²) in [5, 5.41) is 0. The number of hydrogen-bond acceptors (Lipinski definition) is 2. The molecular weight excluding hydrogens is 280 g/mol. The number of amides is 1. The molecule has 1 aliphatic heterocycles. The third kappa shape index (κ3) is 2.86. The van der Waals surface area contributed by atoms with Crippen LogP contribution in [-0.2, 0) is 11.3 Å². The highest BCUT2D eigenvalue weighted by Crippen LogP contribution is 2.28. The van der Waals surface area contributed by atoms with Crippen LogP contribution in [0.1, 0.15) is 24.2 Å². The van der Waals surface area contributed by atoms with Crippen LogP contribution in [0.15, 0.2) is 47.5 Å². The van der Waals surface area contributed by atoms with Gasteiger partial charge in [-0.3, -0.25) is 4.79 Å². The average Bonchev–Trinajstić information content (AvgIpc) is 2.96. The van der Waals surface area contributed by atoms with E-state index in [9.17, 15) is 4.79 Å². The second-order valence-electron chi connectivity index (χ2n) is 5.44. The number of benzene rings is 1. The van der Waals surface area contributed by atoms with Gasteiger partial charge >= 0.3 is 0 Å². The van der Waals surface area contributed by atoms with E-state index in [1.54, 1.807) is 11.8 Å². The largest absolute Gasteiger partial charge is 0.348 e. The first-order valence-electron chi connectivity index (χ1n) is 7.30. The van der Waals surface area contributed by atoms with Crippen LogP contribution >= 0.6 is 11.8 Å². The lowest BCUT2D eigenvalue weighted by molar-refractivity contribution is -0.131. The Morgan fingerprint density at radius 3 is 2.86 bits per heavy atom. The van der Waals surface area contributed by atoms with Gasteiger partial charge in [-0.15, -0.1) is 11.8 Å². The third-order valence-corrected chi connectivity index (χ3v) is 5.27. The van der Waals surface area contributed by atoms with E-state index >= 15 is 0 Å². The van der Waals surface area contributed by atoms with Crippen LogP contribution in [0.25, 0.3) is 0 Å². The topological polar surface area (TPSA) is 25.2 Å². The minimum absolute atomic E-state index is 0.165. The highest BCUT2D eigenvalue weighted by Gasteiger charge is 2.27. The molecule has 0 radical (unpaired) electrons. The van der Waals surface area contributed by atoms with E-state index in [1.165, 1.54) is 16.2 Å². The Morgan fingerprint density at radius 1 is 1.24 bits per heavy atom. The van der Waals surface area contributed by atoms with Crippen LogP contribution in [0, 0.1) is 6.92 Å². The van der Waals surface area contributed by atoms with Crippen LogP contribution in [0.4, 0.5) is 0 Å². The molecule has 3 rings (SSSR count). The molecule has 2 aromatic rings. The zero-order valence-corrected chi connectivity index (χ0v) is 13.3. The van der Waals surface area contributed by atoms with Crippen molar-refractivity contribution in [3.63, 3.8) is 0 Å². The zero-order chi connectivity index (χ0) is 14.8. The van der Waals surface area contributed by atoms with Gasteiger partial charge in [-0.2, -0.15) is 0 Å².